The molecule has 0 radical (unpaired) electrons. The van der Waals surface area contributed by atoms with Gasteiger partial charge in [-0.15, -0.1) is 0 Å². The number of carboxylic acid groups (broad SMARTS) is 1. The van der Waals surface area contributed by atoms with Crippen molar-refractivity contribution in [2.45, 2.75) is 19.9 Å². The molecule has 16 heavy (non-hydrogen) atoms. The van der Waals surface area contributed by atoms with Crippen LogP contribution in [-0.2, 0) is 4.79 Å². The van der Waals surface area contributed by atoms with Gasteiger partial charge >= 0.3 is 5.97 Å². The highest BCUT2D eigenvalue weighted by molar-refractivity contribution is 5.86. The molecule has 0 aromatic heterocycles. The predicted octanol–water partition coefficient (Wildman–Crippen LogP) is 2.29. The minimum absolute atomic E-state index is 0.122. The normalized spacial score (nSPS) is 12.1. The van der Waals surface area contributed by atoms with Crippen LogP contribution in [0.1, 0.15) is 24.1 Å². The van der Waals surface area contributed by atoms with E-state index in [1.165, 1.54) is 11.1 Å². The third kappa shape index (κ3) is 3.21. The van der Waals surface area contributed by atoms with E-state index in [0.717, 1.165) is 0 Å². The van der Waals surface area contributed by atoms with E-state index in [4.69, 9.17) is 5.11 Å². The van der Waals surface area contributed by atoms with Crippen molar-refractivity contribution in [1.29, 1.82) is 0 Å². The van der Waals surface area contributed by atoms with E-state index in [1.807, 2.05) is 38.1 Å². The highest BCUT2D eigenvalue weighted by Gasteiger charge is 2.09. The molecule has 0 unspecified atom stereocenters. The molecule has 0 saturated heterocycles. The number of nitrogens with one attached hydrogen (secondary N) is 1. The Labute approximate surface area is 95.8 Å². The van der Waals surface area contributed by atoms with E-state index in [2.05, 4.69) is 11.9 Å². The van der Waals surface area contributed by atoms with Gasteiger partial charge in [0.2, 0.25) is 0 Å². The van der Waals surface area contributed by atoms with Gasteiger partial charge in [-0.05, 0) is 25.0 Å². The summed E-state index contributed by atoms with van der Waals surface area (Å²) in [5, 5.41) is 11.8. The predicted molar refractivity (Wildman–Crippen MR) is 64.4 cm³/mol. The molecule has 0 heterocycles. The molecule has 1 aromatic rings. The summed E-state index contributed by atoms with van der Waals surface area (Å²) in [6, 6.07) is 8.17. The third-order valence-corrected chi connectivity index (χ3v) is 2.58. The van der Waals surface area contributed by atoms with Crippen LogP contribution in [0.5, 0.6) is 0 Å². The van der Waals surface area contributed by atoms with Gasteiger partial charge in [0, 0.05) is 18.2 Å². The fourth-order valence-corrected chi connectivity index (χ4v) is 1.53. The summed E-state index contributed by atoms with van der Waals surface area (Å²) in [7, 11) is 0. The molecular weight excluding hydrogens is 202 g/mol. The largest absolute Gasteiger partial charge is 0.478 e. The molecule has 0 saturated carbocycles. The van der Waals surface area contributed by atoms with Crippen molar-refractivity contribution in [2.24, 2.45) is 0 Å². The van der Waals surface area contributed by atoms with Gasteiger partial charge in [0.25, 0.3) is 0 Å². The molecule has 0 fully saturated rings. The van der Waals surface area contributed by atoms with Crippen molar-refractivity contribution in [1.82, 2.24) is 5.32 Å². The van der Waals surface area contributed by atoms with Crippen LogP contribution in [0.2, 0.25) is 0 Å². The van der Waals surface area contributed by atoms with Crippen molar-refractivity contribution in [3.63, 3.8) is 0 Å². The minimum atomic E-state index is -0.954. The number of rotatable bonds is 5. The highest BCUT2D eigenvalue weighted by atomic mass is 16.4. The van der Waals surface area contributed by atoms with Gasteiger partial charge in [-0.3, -0.25) is 0 Å². The summed E-state index contributed by atoms with van der Waals surface area (Å²) >= 11 is 0. The van der Waals surface area contributed by atoms with Crippen molar-refractivity contribution >= 4 is 5.97 Å². The van der Waals surface area contributed by atoms with Crippen LogP contribution < -0.4 is 5.32 Å². The maximum atomic E-state index is 10.6. The average molecular weight is 219 g/mol. The molecule has 86 valence electrons. The second-order valence-electron chi connectivity index (χ2n) is 3.87. The second kappa shape index (κ2) is 5.47. The van der Waals surface area contributed by atoms with Gasteiger partial charge in [-0.2, -0.15) is 0 Å². The van der Waals surface area contributed by atoms with Crippen LogP contribution >= 0.6 is 0 Å². The van der Waals surface area contributed by atoms with Crippen LogP contribution in [0, 0.1) is 6.92 Å². The van der Waals surface area contributed by atoms with Gasteiger partial charge in [0.1, 0.15) is 0 Å². The number of carbonyl (C=O) groups is 1. The Bertz CT molecular complexity index is 399. The molecule has 0 aliphatic heterocycles. The maximum Gasteiger partial charge on any atom is 0.332 e. The molecule has 1 aromatic carbocycles. The molecule has 0 bridgehead atoms. The Morgan fingerprint density at radius 1 is 1.50 bits per heavy atom. The van der Waals surface area contributed by atoms with Crippen molar-refractivity contribution in [2.75, 3.05) is 6.54 Å². The van der Waals surface area contributed by atoms with Crippen LogP contribution in [-0.4, -0.2) is 17.6 Å². The van der Waals surface area contributed by atoms with E-state index >= 15 is 0 Å². The van der Waals surface area contributed by atoms with Gasteiger partial charge in [-0.25, -0.2) is 4.79 Å². The Balaban J connectivity index is 2.60. The lowest BCUT2D eigenvalue weighted by Gasteiger charge is -2.16. The number of aliphatic carboxylic acids is 1. The zero-order valence-corrected chi connectivity index (χ0v) is 9.66. The molecule has 0 aliphatic carbocycles. The lowest BCUT2D eigenvalue weighted by Crippen LogP contribution is -2.24. The molecule has 2 N–H and O–H groups in total. The lowest BCUT2D eigenvalue weighted by molar-refractivity contribution is -0.132. The summed E-state index contributed by atoms with van der Waals surface area (Å²) in [5.74, 6) is -0.954. The van der Waals surface area contributed by atoms with Gasteiger partial charge in [0.15, 0.2) is 0 Å². The molecule has 1 rings (SSSR count). The molecule has 0 amide bonds. The average Bonchev–Trinajstić information content (AvgIpc) is 2.25. The molecule has 3 nitrogen and oxygen atoms in total. The summed E-state index contributed by atoms with van der Waals surface area (Å²) in [6.07, 6.45) is 0. The summed E-state index contributed by atoms with van der Waals surface area (Å²) in [4.78, 5) is 10.6. The Hall–Kier alpha value is -1.61. The molecule has 0 aliphatic rings. The van der Waals surface area contributed by atoms with Crippen LogP contribution in [0.15, 0.2) is 36.4 Å². The van der Waals surface area contributed by atoms with Crippen LogP contribution in [0.4, 0.5) is 0 Å². The number of aryl methyl sites for hydroxylation is 1. The van der Waals surface area contributed by atoms with Gasteiger partial charge in [0.05, 0.1) is 0 Å². The number of hydrogen-bond acceptors (Lipinski definition) is 2. The SMILES string of the molecule is C=C(CN[C@@H](C)c1ccccc1C)C(=O)O. The maximum absolute atomic E-state index is 10.6. The monoisotopic (exact) mass is 219 g/mol. The third-order valence-electron chi connectivity index (χ3n) is 2.58. The first-order valence-corrected chi connectivity index (χ1v) is 5.22. The van der Waals surface area contributed by atoms with E-state index in [9.17, 15) is 4.79 Å². The first-order valence-electron chi connectivity index (χ1n) is 5.22. The van der Waals surface area contributed by atoms with E-state index < -0.39 is 5.97 Å². The quantitative estimate of drug-likeness (QED) is 0.747. The summed E-state index contributed by atoms with van der Waals surface area (Å²) in [6.45, 7) is 7.83. The molecular formula is C13H17NO2. The number of hydrogen-bond donors (Lipinski definition) is 2. The smallest absolute Gasteiger partial charge is 0.332 e. The summed E-state index contributed by atoms with van der Waals surface area (Å²) < 4.78 is 0. The van der Waals surface area contributed by atoms with E-state index in [1.54, 1.807) is 0 Å². The zero-order valence-electron chi connectivity index (χ0n) is 9.66. The van der Waals surface area contributed by atoms with Gasteiger partial charge < -0.3 is 10.4 Å². The minimum Gasteiger partial charge on any atom is -0.478 e. The number of benzene rings is 1. The molecule has 0 spiro atoms. The van der Waals surface area contributed by atoms with E-state index in [-0.39, 0.29) is 11.6 Å². The van der Waals surface area contributed by atoms with Crippen LogP contribution in [0.25, 0.3) is 0 Å². The summed E-state index contributed by atoms with van der Waals surface area (Å²) in [5.41, 5.74) is 2.56. The van der Waals surface area contributed by atoms with Crippen molar-refractivity contribution in [3.8, 4) is 0 Å². The Morgan fingerprint density at radius 2 is 2.12 bits per heavy atom. The molecule has 3 heteroatoms. The van der Waals surface area contributed by atoms with Crippen molar-refractivity contribution < 1.29 is 9.90 Å². The lowest BCUT2D eigenvalue weighted by atomic mass is 10.0. The van der Waals surface area contributed by atoms with Gasteiger partial charge in [-0.1, -0.05) is 30.8 Å². The van der Waals surface area contributed by atoms with Crippen molar-refractivity contribution in [3.05, 3.63) is 47.5 Å². The Morgan fingerprint density at radius 3 is 2.69 bits per heavy atom. The zero-order chi connectivity index (χ0) is 12.1. The van der Waals surface area contributed by atoms with E-state index in [0.29, 0.717) is 6.54 Å². The Kier molecular flexibility index (Phi) is 4.26. The fourth-order valence-electron chi connectivity index (χ4n) is 1.53. The first-order chi connectivity index (χ1) is 7.52. The van der Waals surface area contributed by atoms with Crippen LogP contribution in [0.3, 0.4) is 0 Å². The second-order valence-corrected chi connectivity index (χ2v) is 3.87. The fraction of sp³-hybridized carbons (Fsp3) is 0.308. The first kappa shape index (κ1) is 12.5. The standard InChI is InChI=1S/C13H17NO2/c1-9-6-4-5-7-12(9)11(3)14-8-10(2)13(15)16/h4-7,11,14H,2,8H2,1,3H3,(H,15,16)/t11-/m0/s1. The molecule has 1 atom stereocenters. The highest BCUT2D eigenvalue weighted by Crippen LogP contribution is 2.16. The topological polar surface area (TPSA) is 49.3 Å². The number of carboxylic acids is 1.